The number of carbonyl (C=O) groups is 1. The van der Waals surface area contributed by atoms with E-state index >= 15 is 0 Å². The zero-order valence-corrected chi connectivity index (χ0v) is 15.7. The molecule has 1 saturated heterocycles. The molecule has 7 heteroatoms. The fraction of sp³-hybridized carbons (Fsp3) is 0.158. The Hall–Kier alpha value is -2.51. The Bertz CT molecular complexity index is 851. The van der Waals surface area contributed by atoms with Crippen LogP contribution in [0.25, 0.3) is 6.08 Å². The van der Waals surface area contributed by atoms with Gasteiger partial charge in [-0.15, -0.1) is 0 Å². The smallest absolute Gasteiger partial charge is 0.263 e. The average Bonchev–Trinajstić information content (AvgIpc) is 2.97. The standard InChI is InChI=1S/C19H17NO4S2/c1-22-14-6-4-7-15(12-14)23-9-10-24-16-8-3-2-5-13(16)11-17-18(21)20-19(25)26-17/h2-8,11-12H,9-10H2,1H3,(H,20,21,25)/b17-11+. The molecule has 1 heterocycles. The van der Waals surface area contributed by atoms with Crippen LogP contribution in [0.5, 0.6) is 17.2 Å². The van der Waals surface area contributed by atoms with E-state index in [1.807, 2.05) is 48.5 Å². The second-order valence-electron chi connectivity index (χ2n) is 5.27. The number of hydrogen-bond donors (Lipinski definition) is 1. The number of methoxy groups -OCH3 is 1. The molecule has 1 aliphatic rings. The van der Waals surface area contributed by atoms with Gasteiger partial charge in [0.15, 0.2) is 0 Å². The van der Waals surface area contributed by atoms with Crippen LogP contribution in [0.15, 0.2) is 53.4 Å². The molecule has 1 aliphatic heterocycles. The summed E-state index contributed by atoms with van der Waals surface area (Å²) in [4.78, 5) is 12.4. The van der Waals surface area contributed by atoms with E-state index < -0.39 is 0 Å². The number of nitrogens with one attached hydrogen (secondary N) is 1. The molecule has 0 aliphatic carbocycles. The predicted octanol–water partition coefficient (Wildman–Crippen LogP) is 3.64. The summed E-state index contributed by atoms with van der Waals surface area (Å²) < 4.78 is 17.1. The third-order valence-corrected chi connectivity index (χ3v) is 4.66. The molecular formula is C19H17NO4S2. The number of para-hydroxylation sites is 1. The highest BCUT2D eigenvalue weighted by Gasteiger charge is 2.22. The van der Waals surface area contributed by atoms with Crippen molar-refractivity contribution in [2.75, 3.05) is 20.3 Å². The molecule has 26 heavy (non-hydrogen) atoms. The topological polar surface area (TPSA) is 56.8 Å². The SMILES string of the molecule is COc1cccc(OCCOc2ccccc2/C=C2/SC(=S)NC2=O)c1. The van der Waals surface area contributed by atoms with Gasteiger partial charge in [-0.25, -0.2) is 0 Å². The highest BCUT2D eigenvalue weighted by molar-refractivity contribution is 8.26. The van der Waals surface area contributed by atoms with Gasteiger partial charge in [-0.3, -0.25) is 4.79 Å². The Morgan fingerprint density at radius 1 is 1.08 bits per heavy atom. The number of rotatable bonds is 7. The van der Waals surface area contributed by atoms with Gasteiger partial charge in [0.2, 0.25) is 0 Å². The predicted molar refractivity (Wildman–Crippen MR) is 107 cm³/mol. The fourth-order valence-electron chi connectivity index (χ4n) is 2.30. The lowest BCUT2D eigenvalue weighted by atomic mass is 10.2. The van der Waals surface area contributed by atoms with E-state index in [2.05, 4.69) is 5.32 Å². The summed E-state index contributed by atoms with van der Waals surface area (Å²) in [6.45, 7) is 0.756. The number of amides is 1. The maximum absolute atomic E-state index is 11.8. The fourth-order valence-corrected chi connectivity index (χ4v) is 3.33. The maximum Gasteiger partial charge on any atom is 0.263 e. The quantitative estimate of drug-likeness (QED) is 0.445. The molecule has 1 fully saturated rings. The second kappa shape index (κ2) is 8.73. The van der Waals surface area contributed by atoms with Crippen molar-refractivity contribution < 1.29 is 19.0 Å². The third-order valence-electron chi connectivity index (χ3n) is 3.50. The van der Waals surface area contributed by atoms with E-state index in [1.165, 1.54) is 11.8 Å². The van der Waals surface area contributed by atoms with Gasteiger partial charge in [-0.1, -0.05) is 48.2 Å². The number of ether oxygens (including phenoxy) is 3. The minimum absolute atomic E-state index is 0.184. The van der Waals surface area contributed by atoms with Crippen LogP contribution in [0.3, 0.4) is 0 Å². The number of thiocarbonyl (C=S) groups is 1. The van der Waals surface area contributed by atoms with Gasteiger partial charge in [-0.2, -0.15) is 0 Å². The molecule has 134 valence electrons. The zero-order valence-electron chi connectivity index (χ0n) is 14.1. The molecular weight excluding hydrogens is 370 g/mol. The van der Waals surface area contributed by atoms with Crippen LogP contribution >= 0.6 is 24.0 Å². The first-order chi connectivity index (χ1) is 12.7. The Morgan fingerprint density at radius 2 is 1.85 bits per heavy atom. The summed E-state index contributed by atoms with van der Waals surface area (Å²) in [5, 5.41) is 2.60. The van der Waals surface area contributed by atoms with Crippen LogP contribution in [0.1, 0.15) is 5.56 Å². The summed E-state index contributed by atoms with van der Waals surface area (Å²) in [6, 6.07) is 14.9. The van der Waals surface area contributed by atoms with E-state index in [4.69, 9.17) is 26.4 Å². The molecule has 0 aromatic heterocycles. The molecule has 5 nitrogen and oxygen atoms in total. The number of thioether (sulfide) groups is 1. The zero-order chi connectivity index (χ0) is 18.4. The van der Waals surface area contributed by atoms with Crippen molar-refractivity contribution in [1.82, 2.24) is 5.32 Å². The number of benzene rings is 2. The van der Waals surface area contributed by atoms with Crippen molar-refractivity contribution >= 4 is 40.3 Å². The van der Waals surface area contributed by atoms with Crippen molar-refractivity contribution in [2.45, 2.75) is 0 Å². The van der Waals surface area contributed by atoms with Gasteiger partial charge in [0, 0.05) is 11.6 Å². The highest BCUT2D eigenvalue weighted by atomic mass is 32.2. The molecule has 1 amide bonds. The molecule has 0 radical (unpaired) electrons. The van der Waals surface area contributed by atoms with Crippen LogP contribution in [0, 0.1) is 0 Å². The summed E-state index contributed by atoms with van der Waals surface area (Å²) >= 11 is 6.25. The summed E-state index contributed by atoms with van der Waals surface area (Å²) in [5.74, 6) is 1.96. The first kappa shape index (κ1) is 18.3. The van der Waals surface area contributed by atoms with Gasteiger partial charge in [0.25, 0.3) is 5.91 Å². The number of carbonyl (C=O) groups excluding carboxylic acids is 1. The molecule has 0 atom stereocenters. The molecule has 0 unspecified atom stereocenters. The van der Waals surface area contributed by atoms with E-state index in [-0.39, 0.29) is 5.91 Å². The summed E-state index contributed by atoms with van der Waals surface area (Å²) in [5.41, 5.74) is 0.816. The van der Waals surface area contributed by atoms with Crippen LogP contribution in [0.4, 0.5) is 0 Å². The minimum Gasteiger partial charge on any atom is -0.497 e. The van der Waals surface area contributed by atoms with Crippen LogP contribution in [-0.4, -0.2) is 30.6 Å². The second-order valence-corrected chi connectivity index (χ2v) is 6.98. The van der Waals surface area contributed by atoms with E-state index in [9.17, 15) is 4.79 Å². The van der Waals surface area contributed by atoms with Crippen molar-refractivity contribution in [3.63, 3.8) is 0 Å². The van der Waals surface area contributed by atoms with Gasteiger partial charge in [-0.05, 0) is 24.3 Å². The van der Waals surface area contributed by atoms with Gasteiger partial charge < -0.3 is 19.5 Å². The van der Waals surface area contributed by atoms with Crippen LogP contribution < -0.4 is 19.5 Å². The van der Waals surface area contributed by atoms with E-state index in [0.717, 1.165) is 17.1 Å². The first-order valence-electron chi connectivity index (χ1n) is 7.89. The number of hydrogen-bond acceptors (Lipinski definition) is 6. The third kappa shape index (κ3) is 4.77. The molecule has 1 N–H and O–H groups in total. The Kier molecular flexibility index (Phi) is 6.14. The largest absolute Gasteiger partial charge is 0.497 e. The lowest BCUT2D eigenvalue weighted by Gasteiger charge is -2.11. The Morgan fingerprint density at radius 3 is 2.62 bits per heavy atom. The van der Waals surface area contributed by atoms with Crippen molar-refractivity contribution in [3.05, 3.63) is 59.0 Å². The molecule has 2 aromatic carbocycles. The molecule has 0 saturated carbocycles. The van der Waals surface area contributed by atoms with Crippen molar-refractivity contribution in [3.8, 4) is 17.2 Å². The molecule has 0 spiro atoms. The monoisotopic (exact) mass is 387 g/mol. The average molecular weight is 387 g/mol. The van der Waals surface area contributed by atoms with Crippen LogP contribution in [0.2, 0.25) is 0 Å². The van der Waals surface area contributed by atoms with Gasteiger partial charge in [0.05, 0.1) is 12.0 Å². The minimum atomic E-state index is -0.184. The summed E-state index contributed by atoms with van der Waals surface area (Å²) in [7, 11) is 1.61. The lowest BCUT2D eigenvalue weighted by Crippen LogP contribution is -2.17. The normalized spacial score (nSPS) is 15.0. The maximum atomic E-state index is 11.8. The van der Waals surface area contributed by atoms with E-state index in [0.29, 0.717) is 28.2 Å². The van der Waals surface area contributed by atoms with Crippen molar-refractivity contribution in [2.24, 2.45) is 0 Å². The Balaban J connectivity index is 1.59. The van der Waals surface area contributed by atoms with Crippen LogP contribution in [-0.2, 0) is 4.79 Å². The summed E-state index contributed by atoms with van der Waals surface area (Å²) in [6.07, 6.45) is 1.78. The van der Waals surface area contributed by atoms with Crippen molar-refractivity contribution in [1.29, 1.82) is 0 Å². The van der Waals surface area contributed by atoms with Gasteiger partial charge in [0.1, 0.15) is 34.8 Å². The molecule has 2 aromatic rings. The molecule has 0 bridgehead atoms. The molecule has 3 rings (SSSR count). The highest BCUT2D eigenvalue weighted by Crippen LogP contribution is 2.29. The van der Waals surface area contributed by atoms with E-state index in [1.54, 1.807) is 13.2 Å². The first-order valence-corrected chi connectivity index (χ1v) is 9.12. The Labute approximate surface area is 161 Å². The lowest BCUT2D eigenvalue weighted by molar-refractivity contribution is -0.115. The van der Waals surface area contributed by atoms with Gasteiger partial charge >= 0.3 is 0 Å².